The van der Waals surface area contributed by atoms with Gasteiger partial charge in [-0.1, -0.05) is 25.3 Å². The molecule has 2 aliphatic rings. The minimum atomic E-state index is -0.00887. The highest BCUT2D eigenvalue weighted by atomic mass is 16.2. The van der Waals surface area contributed by atoms with Gasteiger partial charge in [-0.15, -0.1) is 0 Å². The molecule has 5 heteroatoms. The topological polar surface area (TPSA) is 53.5 Å². The predicted molar refractivity (Wildman–Crippen MR) is 93.0 cm³/mol. The normalized spacial score (nSPS) is 19.7. The number of carbonyl (C=O) groups excluding carboxylic acids is 2. The van der Waals surface area contributed by atoms with Crippen LogP contribution in [0.1, 0.15) is 37.8 Å². The third-order valence-electron chi connectivity index (χ3n) is 4.94. The summed E-state index contributed by atoms with van der Waals surface area (Å²) >= 11 is 0. The summed E-state index contributed by atoms with van der Waals surface area (Å²) in [6, 6.07) is 5.61. The van der Waals surface area contributed by atoms with Crippen molar-refractivity contribution in [1.29, 1.82) is 0 Å². The van der Waals surface area contributed by atoms with E-state index in [0.717, 1.165) is 18.5 Å². The van der Waals surface area contributed by atoms with Gasteiger partial charge in [-0.25, -0.2) is 0 Å². The van der Waals surface area contributed by atoms with E-state index in [1.165, 1.54) is 19.3 Å². The second-order valence-corrected chi connectivity index (χ2v) is 6.57. The van der Waals surface area contributed by atoms with Crippen LogP contribution in [0.2, 0.25) is 0 Å². The maximum absolute atomic E-state index is 12.5. The Morgan fingerprint density at radius 1 is 1.00 bits per heavy atom. The van der Waals surface area contributed by atoms with Gasteiger partial charge in [-0.05, 0) is 31.1 Å². The van der Waals surface area contributed by atoms with Crippen molar-refractivity contribution in [3.8, 4) is 0 Å². The van der Waals surface area contributed by atoms with Crippen LogP contribution in [-0.4, -0.2) is 52.8 Å². The van der Waals surface area contributed by atoms with Crippen LogP contribution in [0.4, 0.5) is 0 Å². The van der Waals surface area contributed by atoms with E-state index < -0.39 is 0 Å². The smallest absolute Gasteiger partial charge is 0.246 e. The van der Waals surface area contributed by atoms with Crippen LogP contribution in [0, 0.1) is 5.92 Å². The van der Waals surface area contributed by atoms with Crippen LogP contribution in [0.15, 0.2) is 30.5 Å². The van der Waals surface area contributed by atoms with E-state index >= 15 is 0 Å². The quantitative estimate of drug-likeness (QED) is 0.801. The van der Waals surface area contributed by atoms with Crippen LogP contribution in [0.25, 0.3) is 6.08 Å². The molecule has 2 amide bonds. The molecule has 0 bridgehead atoms. The van der Waals surface area contributed by atoms with E-state index in [-0.39, 0.29) is 11.8 Å². The van der Waals surface area contributed by atoms with E-state index in [9.17, 15) is 9.59 Å². The fourth-order valence-electron chi connectivity index (χ4n) is 3.49. The van der Waals surface area contributed by atoms with E-state index in [1.807, 2.05) is 28.0 Å². The maximum atomic E-state index is 12.5. The molecule has 2 heterocycles. The average Bonchev–Trinajstić information content (AvgIpc) is 2.67. The third-order valence-corrected chi connectivity index (χ3v) is 4.94. The van der Waals surface area contributed by atoms with Gasteiger partial charge in [0.15, 0.2) is 0 Å². The number of piperazine rings is 1. The van der Waals surface area contributed by atoms with Gasteiger partial charge in [0.2, 0.25) is 11.8 Å². The van der Waals surface area contributed by atoms with Crippen molar-refractivity contribution >= 4 is 17.9 Å². The molecular formula is C19H25N3O2. The number of carbonyl (C=O) groups is 2. The Labute approximate surface area is 143 Å². The van der Waals surface area contributed by atoms with Gasteiger partial charge in [0.25, 0.3) is 0 Å². The van der Waals surface area contributed by atoms with Gasteiger partial charge in [-0.2, -0.15) is 0 Å². The molecule has 1 saturated heterocycles. The van der Waals surface area contributed by atoms with Gasteiger partial charge >= 0.3 is 0 Å². The second-order valence-electron chi connectivity index (χ2n) is 6.57. The van der Waals surface area contributed by atoms with Gasteiger partial charge < -0.3 is 9.80 Å². The van der Waals surface area contributed by atoms with Crippen molar-refractivity contribution in [1.82, 2.24) is 14.8 Å². The van der Waals surface area contributed by atoms with E-state index in [1.54, 1.807) is 18.3 Å². The highest BCUT2D eigenvalue weighted by molar-refractivity contribution is 5.91. The Morgan fingerprint density at radius 2 is 1.71 bits per heavy atom. The molecule has 1 aromatic rings. The van der Waals surface area contributed by atoms with Crippen molar-refractivity contribution < 1.29 is 9.59 Å². The van der Waals surface area contributed by atoms with Crippen molar-refractivity contribution in [2.45, 2.75) is 32.1 Å². The molecule has 0 spiro atoms. The summed E-state index contributed by atoms with van der Waals surface area (Å²) in [5, 5.41) is 0. The molecule has 1 aliphatic carbocycles. The summed E-state index contributed by atoms with van der Waals surface area (Å²) < 4.78 is 0. The predicted octanol–water partition coefficient (Wildman–Crippen LogP) is 2.35. The lowest BCUT2D eigenvalue weighted by Crippen LogP contribution is -2.51. The number of rotatable bonds is 3. The number of aromatic nitrogens is 1. The molecule has 0 aromatic carbocycles. The summed E-state index contributed by atoms with van der Waals surface area (Å²) in [7, 11) is 0. The fraction of sp³-hybridized carbons (Fsp3) is 0.526. The zero-order chi connectivity index (χ0) is 16.8. The minimum absolute atomic E-state index is 0.00887. The van der Waals surface area contributed by atoms with Gasteiger partial charge in [0.1, 0.15) is 0 Å². The highest BCUT2D eigenvalue weighted by Gasteiger charge is 2.29. The zero-order valence-electron chi connectivity index (χ0n) is 14.1. The molecule has 0 N–H and O–H groups in total. The SMILES string of the molecule is O=C(/C=C/c1ccccn1)N1CCN(C(=O)C2CCCCC2)CC1. The first-order valence-electron chi connectivity index (χ1n) is 8.91. The number of amides is 2. The zero-order valence-corrected chi connectivity index (χ0v) is 14.1. The molecule has 2 fully saturated rings. The summed E-state index contributed by atoms with van der Waals surface area (Å²) in [6.07, 6.45) is 10.7. The summed E-state index contributed by atoms with van der Waals surface area (Å²) in [5.41, 5.74) is 0.775. The average molecular weight is 327 g/mol. The van der Waals surface area contributed by atoms with Crippen molar-refractivity contribution in [3.05, 3.63) is 36.2 Å². The molecule has 3 rings (SSSR count). The monoisotopic (exact) mass is 327 g/mol. The lowest BCUT2D eigenvalue weighted by Gasteiger charge is -2.36. The standard InChI is InChI=1S/C19H25N3O2/c23-18(10-9-17-8-4-5-11-20-17)21-12-14-22(15-13-21)19(24)16-6-2-1-3-7-16/h4-5,8-11,16H,1-3,6-7,12-15H2/b10-9+. The van der Waals surface area contributed by atoms with E-state index in [4.69, 9.17) is 0 Å². The molecule has 24 heavy (non-hydrogen) atoms. The lowest BCUT2D eigenvalue weighted by molar-refractivity contribution is -0.141. The molecule has 0 radical (unpaired) electrons. The third kappa shape index (κ3) is 4.22. The van der Waals surface area contributed by atoms with Crippen LogP contribution in [0.3, 0.4) is 0 Å². The molecule has 5 nitrogen and oxygen atoms in total. The summed E-state index contributed by atoms with van der Waals surface area (Å²) in [4.78, 5) is 32.7. The number of pyridine rings is 1. The summed E-state index contributed by atoms with van der Waals surface area (Å²) in [5.74, 6) is 0.501. The fourth-order valence-corrected chi connectivity index (χ4v) is 3.49. The van der Waals surface area contributed by atoms with E-state index in [2.05, 4.69) is 4.98 Å². The first-order valence-corrected chi connectivity index (χ1v) is 8.91. The van der Waals surface area contributed by atoms with Crippen molar-refractivity contribution in [3.63, 3.8) is 0 Å². The van der Waals surface area contributed by atoms with Crippen LogP contribution >= 0.6 is 0 Å². The van der Waals surface area contributed by atoms with Gasteiger partial charge in [0, 0.05) is 44.4 Å². The molecule has 1 saturated carbocycles. The first kappa shape index (κ1) is 16.7. The Balaban J connectivity index is 1.48. The lowest BCUT2D eigenvalue weighted by atomic mass is 9.88. The number of hydrogen-bond acceptors (Lipinski definition) is 3. The molecule has 1 aromatic heterocycles. The van der Waals surface area contributed by atoms with Crippen LogP contribution in [0.5, 0.6) is 0 Å². The molecule has 0 atom stereocenters. The number of hydrogen-bond donors (Lipinski definition) is 0. The largest absolute Gasteiger partial charge is 0.339 e. The molecule has 0 unspecified atom stereocenters. The minimum Gasteiger partial charge on any atom is -0.339 e. The van der Waals surface area contributed by atoms with Crippen molar-refractivity contribution in [2.75, 3.05) is 26.2 Å². The summed E-state index contributed by atoms with van der Waals surface area (Å²) in [6.45, 7) is 2.53. The van der Waals surface area contributed by atoms with Gasteiger partial charge in [0.05, 0.1) is 5.69 Å². The first-order chi connectivity index (χ1) is 11.7. The molecule has 128 valence electrons. The highest BCUT2D eigenvalue weighted by Crippen LogP contribution is 2.25. The van der Waals surface area contributed by atoms with Gasteiger partial charge in [-0.3, -0.25) is 14.6 Å². The maximum Gasteiger partial charge on any atom is 0.246 e. The Bertz CT molecular complexity index is 586. The van der Waals surface area contributed by atoms with Crippen LogP contribution < -0.4 is 0 Å². The van der Waals surface area contributed by atoms with Crippen molar-refractivity contribution in [2.24, 2.45) is 5.92 Å². The second kappa shape index (κ2) is 8.08. The Hall–Kier alpha value is -2.17. The Kier molecular flexibility index (Phi) is 5.62. The molecule has 1 aliphatic heterocycles. The Morgan fingerprint density at radius 3 is 2.38 bits per heavy atom. The number of nitrogens with zero attached hydrogens (tertiary/aromatic N) is 3. The van der Waals surface area contributed by atoms with E-state index in [0.29, 0.717) is 32.1 Å². The molecular weight excluding hydrogens is 302 g/mol. The van der Waals surface area contributed by atoms with Crippen LogP contribution in [-0.2, 0) is 9.59 Å².